The highest BCUT2D eigenvalue weighted by Crippen LogP contribution is 2.23. The maximum Gasteiger partial charge on any atom is 0.231 e. The lowest BCUT2D eigenvalue weighted by molar-refractivity contribution is -0.120. The van der Waals surface area contributed by atoms with Crippen molar-refractivity contribution < 1.29 is 4.79 Å². The van der Waals surface area contributed by atoms with Gasteiger partial charge in [-0.15, -0.1) is 10.2 Å². The van der Waals surface area contributed by atoms with Crippen molar-refractivity contribution in [2.45, 2.75) is 19.8 Å². The number of hydrogen-bond donors (Lipinski definition) is 1. The van der Waals surface area contributed by atoms with Crippen molar-refractivity contribution in [1.29, 1.82) is 0 Å². The number of pyridine rings is 1. The number of aromatic nitrogens is 3. The molecule has 6 nitrogen and oxygen atoms in total. The zero-order chi connectivity index (χ0) is 17.2. The first-order chi connectivity index (χ1) is 12.2. The van der Waals surface area contributed by atoms with E-state index in [1.165, 1.54) is 5.56 Å². The summed E-state index contributed by atoms with van der Waals surface area (Å²) in [7, 11) is 0. The fourth-order valence-electron chi connectivity index (χ4n) is 3.27. The number of amides is 1. The summed E-state index contributed by atoms with van der Waals surface area (Å²) in [5, 5.41) is 11.5. The number of benzene rings is 1. The summed E-state index contributed by atoms with van der Waals surface area (Å²) in [6, 6.07) is 13.8. The normalized spacial score (nSPS) is 15.5. The predicted molar refractivity (Wildman–Crippen MR) is 97.7 cm³/mol. The average Bonchev–Trinajstić information content (AvgIpc) is 3.08. The van der Waals surface area contributed by atoms with Crippen molar-refractivity contribution in [2.24, 2.45) is 5.92 Å². The van der Waals surface area contributed by atoms with Gasteiger partial charge in [0, 0.05) is 30.9 Å². The van der Waals surface area contributed by atoms with Crippen LogP contribution in [-0.4, -0.2) is 33.6 Å². The second kappa shape index (κ2) is 6.55. The highest BCUT2D eigenvalue weighted by molar-refractivity contribution is 5.92. The molecule has 1 fully saturated rings. The Labute approximate surface area is 146 Å². The van der Waals surface area contributed by atoms with E-state index in [1.54, 1.807) is 0 Å². The van der Waals surface area contributed by atoms with Gasteiger partial charge in [-0.2, -0.15) is 0 Å². The number of carbonyl (C=O) groups is 1. The quantitative estimate of drug-likeness (QED) is 0.799. The Hall–Kier alpha value is -2.89. The molecule has 1 aliphatic heterocycles. The third-order valence-electron chi connectivity index (χ3n) is 4.76. The molecule has 1 aliphatic rings. The molecule has 0 atom stereocenters. The monoisotopic (exact) mass is 335 g/mol. The van der Waals surface area contributed by atoms with Gasteiger partial charge in [-0.05, 0) is 44.0 Å². The number of anilines is 2. The zero-order valence-electron chi connectivity index (χ0n) is 14.2. The van der Waals surface area contributed by atoms with Crippen LogP contribution >= 0.6 is 0 Å². The average molecular weight is 335 g/mol. The Bertz CT molecular complexity index is 878. The van der Waals surface area contributed by atoms with Crippen LogP contribution < -0.4 is 10.2 Å². The summed E-state index contributed by atoms with van der Waals surface area (Å²) in [5.74, 6) is 0.999. The summed E-state index contributed by atoms with van der Waals surface area (Å²) in [4.78, 5) is 14.7. The standard InChI is InChI=1S/C19H21N5O/c1-14-5-7-16(8-6-14)20-18(25)15-9-12-23(13-10-15)19-22-21-17-4-2-3-11-24(17)19/h2-8,11,15H,9-10,12-13H2,1H3,(H,20,25). The van der Waals surface area contributed by atoms with Gasteiger partial charge < -0.3 is 10.2 Å². The van der Waals surface area contributed by atoms with Gasteiger partial charge in [0.2, 0.25) is 11.9 Å². The van der Waals surface area contributed by atoms with Crippen LogP contribution in [0, 0.1) is 12.8 Å². The maximum absolute atomic E-state index is 12.5. The molecule has 0 bridgehead atoms. The second-order valence-electron chi connectivity index (χ2n) is 6.55. The van der Waals surface area contributed by atoms with Gasteiger partial charge in [-0.25, -0.2) is 0 Å². The third kappa shape index (κ3) is 3.20. The SMILES string of the molecule is Cc1ccc(NC(=O)C2CCN(c3nnc4ccccn34)CC2)cc1. The summed E-state index contributed by atoms with van der Waals surface area (Å²) in [6.45, 7) is 3.65. The molecule has 2 aromatic heterocycles. The van der Waals surface area contributed by atoms with Crippen molar-refractivity contribution in [3.63, 3.8) is 0 Å². The Morgan fingerprint density at radius 3 is 2.60 bits per heavy atom. The molecule has 1 amide bonds. The van der Waals surface area contributed by atoms with Crippen LogP contribution in [0.5, 0.6) is 0 Å². The van der Waals surface area contributed by atoms with E-state index < -0.39 is 0 Å². The lowest BCUT2D eigenvalue weighted by Crippen LogP contribution is -2.39. The number of rotatable bonds is 3. The van der Waals surface area contributed by atoms with Gasteiger partial charge >= 0.3 is 0 Å². The minimum absolute atomic E-state index is 0.0386. The fraction of sp³-hybridized carbons (Fsp3) is 0.316. The molecule has 128 valence electrons. The van der Waals surface area contributed by atoms with Gasteiger partial charge in [-0.3, -0.25) is 9.20 Å². The molecular weight excluding hydrogens is 314 g/mol. The molecule has 1 saturated heterocycles. The fourth-order valence-corrected chi connectivity index (χ4v) is 3.27. The number of nitrogens with zero attached hydrogens (tertiary/aromatic N) is 4. The van der Waals surface area contributed by atoms with E-state index in [0.29, 0.717) is 0 Å². The van der Waals surface area contributed by atoms with E-state index in [2.05, 4.69) is 20.4 Å². The summed E-state index contributed by atoms with van der Waals surface area (Å²) < 4.78 is 1.99. The van der Waals surface area contributed by atoms with Gasteiger partial charge in [-0.1, -0.05) is 23.8 Å². The molecule has 3 aromatic rings. The highest BCUT2D eigenvalue weighted by atomic mass is 16.1. The maximum atomic E-state index is 12.5. The minimum atomic E-state index is 0.0386. The number of nitrogens with one attached hydrogen (secondary N) is 1. The van der Waals surface area contributed by atoms with Gasteiger partial charge in [0.1, 0.15) is 0 Å². The molecule has 6 heteroatoms. The second-order valence-corrected chi connectivity index (χ2v) is 6.55. The van der Waals surface area contributed by atoms with Crippen molar-refractivity contribution in [3.8, 4) is 0 Å². The lowest BCUT2D eigenvalue weighted by atomic mass is 9.96. The Balaban J connectivity index is 1.39. The van der Waals surface area contributed by atoms with Crippen LogP contribution in [0.25, 0.3) is 5.65 Å². The van der Waals surface area contributed by atoms with Crippen LogP contribution in [-0.2, 0) is 4.79 Å². The smallest absolute Gasteiger partial charge is 0.231 e. The minimum Gasteiger partial charge on any atom is -0.341 e. The van der Waals surface area contributed by atoms with E-state index in [4.69, 9.17) is 0 Å². The molecule has 3 heterocycles. The Morgan fingerprint density at radius 1 is 1.08 bits per heavy atom. The van der Waals surface area contributed by atoms with Crippen molar-refractivity contribution >= 4 is 23.2 Å². The number of piperidine rings is 1. The van der Waals surface area contributed by atoms with Gasteiger partial charge in [0.05, 0.1) is 0 Å². The van der Waals surface area contributed by atoms with Gasteiger partial charge in [0.25, 0.3) is 0 Å². The first kappa shape index (κ1) is 15.6. The number of aryl methyl sites for hydroxylation is 1. The van der Waals surface area contributed by atoms with Crippen LogP contribution in [0.3, 0.4) is 0 Å². The van der Waals surface area contributed by atoms with Crippen molar-refractivity contribution in [3.05, 3.63) is 54.2 Å². The third-order valence-corrected chi connectivity index (χ3v) is 4.76. The molecule has 0 radical (unpaired) electrons. The summed E-state index contributed by atoms with van der Waals surface area (Å²) in [5.41, 5.74) is 2.89. The van der Waals surface area contributed by atoms with Crippen LogP contribution in [0.2, 0.25) is 0 Å². The number of fused-ring (bicyclic) bond motifs is 1. The largest absolute Gasteiger partial charge is 0.341 e. The number of hydrogen-bond acceptors (Lipinski definition) is 4. The Kier molecular flexibility index (Phi) is 4.09. The van der Waals surface area contributed by atoms with E-state index in [9.17, 15) is 4.79 Å². The first-order valence-corrected chi connectivity index (χ1v) is 8.63. The van der Waals surface area contributed by atoms with E-state index in [-0.39, 0.29) is 11.8 Å². The molecule has 1 aromatic carbocycles. The molecule has 1 N–H and O–H groups in total. The number of carbonyl (C=O) groups excluding carboxylic acids is 1. The Morgan fingerprint density at radius 2 is 1.84 bits per heavy atom. The van der Waals surface area contributed by atoms with E-state index >= 15 is 0 Å². The van der Waals surface area contributed by atoms with Crippen molar-refractivity contribution in [1.82, 2.24) is 14.6 Å². The molecule has 0 aliphatic carbocycles. The molecule has 0 unspecified atom stereocenters. The topological polar surface area (TPSA) is 62.5 Å². The molecule has 0 spiro atoms. The zero-order valence-corrected chi connectivity index (χ0v) is 14.2. The highest BCUT2D eigenvalue weighted by Gasteiger charge is 2.27. The predicted octanol–water partition coefficient (Wildman–Crippen LogP) is 2.89. The van der Waals surface area contributed by atoms with Crippen LogP contribution in [0.4, 0.5) is 11.6 Å². The summed E-state index contributed by atoms with van der Waals surface area (Å²) in [6.07, 6.45) is 3.61. The first-order valence-electron chi connectivity index (χ1n) is 8.63. The molecule has 0 saturated carbocycles. The molecule has 25 heavy (non-hydrogen) atoms. The molecular formula is C19H21N5O. The molecule has 4 rings (SSSR count). The van der Waals surface area contributed by atoms with Crippen LogP contribution in [0.1, 0.15) is 18.4 Å². The van der Waals surface area contributed by atoms with Crippen LogP contribution in [0.15, 0.2) is 48.7 Å². The van der Waals surface area contributed by atoms with Gasteiger partial charge in [0.15, 0.2) is 5.65 Å². The lowest BCUT2D eigenvalue weighted by Gasteiger charge is -2.31. The van der Waals surface area contributed by atoms with E-state index in [0.717, 1.165) is 43.2 Å². The van der Waals surface area contributed by atoms with E-state index in [1.807, 2.05) is 60.0 Å². The van der Waals surface area contributed by atoms with Crippen molar-refractivity contribution in [2.75, 3.05) is 23.3 Å². The summed E-state index contributed by atoms with van der Waals surface area (Å²) >= 11 is 0.